The minimum Gasteiger partial charge on any atom is -0.748 e. The minimum atomic E-state index is -4.22. The standard InChI is InChI=1S/2C6H10O5S.Ca/c2*1-2-11-6(7)4-3-5-12(8,9)10;/h2*2H,1,3-5H2,(H,8,9,10);/q;;+2/p-2. The van der Waals surface area contributed by atoms with Crippen molar-refractivity contribution in [3.63, 3.8) is 0 Å². The van der Waals surface area contributed by atoms with E-state index in [0.29, 0.717) is 0 Å². The molecule has 0 atom stereocenters. The fourth-order valence-corrected chi connectivity index (χ4v) is 2.09. The van der Waals surface area contributed by atoms with Crippen molar-refractivity contribution < 1.29 is 45.0 Å². The number of ether oxygens (including phenoxy) is 2. The van der Waals surface area contributed by atoms with Crippen LogP contribution in [0.15, 0.2) is 25.7 Å². The predicted octanol–water partition coefficient (Wildman–Crippen LogP) is -0.384. The molecule has 0 aromatic heterocycles. The maximum atomic E-state index is 10.5. The Morgan fingerprint density at radius 2 is 1.08 bits per heavy atom. The summed E-state index contributed by atoms with van der Waals surface area (Å²) in [4.78, 5) is 21.1. The van der Waals surface area contributed by atoms with Gasteiger partial charge in [-0.2, -0.15) is 0 Å². The van der Waals surface area contributed by atoms with Crippen LogP contribution in [-0.2, 0) is 39.3 Å². The molecule has 0 aliphatic heterocycles. The van der Waals surface area contributed by atoms with E-state index in [4.69, 9.17) is 0 Å². The van der Waals surface area contributed by atoms with Gasteiger partial charge in [0.2, 0.25) is 0 Å². The van der Waals surface area contributed by atoms with Crippen LogP contribution in [-0.4, -0.2) is 87.1 Å². The Kier molecular flexibility index (Phi) is 18.4. The van der Waals surface area contributed by atoms with Gasteiger partial charge in [0.05, 0.1) is 32.8 Å². The number of hydrogen-bond donors (Lipinski definition) is 0. The van der Waals surface area contributed by atoms with Crippen molar-refractivity contribution >= 4 is 69.9 Å². The maximum Gasteiger partial charge on any atom is 2.00 e. The molecular formula is C12H18CaO10S2. The van der Waals surface area contributed by atoms with Gasteiger partial charge in [-0.25, -0.2) is 16.8 Å². The quantitative estimate of drug-likeness (QED) is 0.194. The Morgan fingerprint density at radius 1 is 0.800 bits per heavy atom. The molecule has 25 heavy (non-hydrogen) atoms. The van der Waals surface area contributed by atoms with Crippen LogP contribution < -0.4 is 0 Å². The molecule has 10 nitrogen and oxygen atoms in total. The van der Waals surface area contributed by atoms with Gasteiger partial charge in [-0.3, -0.25) is 9.59 Å². The molecule has 0 bridgehead atoms. The van der Waals surface area contributed by atoms with Crippen molar-refractivity contribution in [3.05, 3.63) is 25.7 Å². The smallest absolute Gasteiger partial charge is 0.748 e. The summed E-state index contributed by atoms with van der Waals surface area (Å²) in [5.74, 6) is -2.26. The Morgan fingerprint density at radius 3 is 1.28 bits per heavy atom. The molecule has 0 aromatic carbocycles. The van der Waals surface area contributed by atoms with E-state index in [2.05, 4.69) is 22.6 Å². The zero-order valence-electron chi connectivity index (χ0n) is 13.4. The van der Waals surface area contributed by atoms with Crippen LogP contribution in [0.2, 0.25) is 0 Å². The van der Waals surface area contributed by atoms with Gasteiger partial charge in [0.15, 0.2) is 0 Å². The van der Waals surface area contributed by atoms with Crippen LogP contribution in [0.25, 0.3) is 0 Å². The van der Waals surface area contributed by atoms with E-state index < -0.39 is 43.7 Å². The molecule has 0 saturated carbocycles. The second-order valence-electron chi connectivity index (χ2n) is 4.04. The van der Waals surface area contributed by atoms with E-state index in [-0.39, 0.29) is 63.4 Å². The van der Waals surface area contributed by atoms with Gasteiger partial charge in [-0.05, 0) is 12.8 Å². The number of esters is 2. The molecule has 0 N–H and O–H groups in total. The van der Waals surface area contributed by atoms with Gasteiger partial charge in [-0.15, -0.1) is 0 Å². The first kappa shape index (κ1) is 29.3. The first-order valence-electron chi connectivity index (χ1n) is 6.39. The van der Waals surface area contributed by atoms with Gasteiger partial charge >= 0.3 is 49.7 Å². The molecule has 0 aliphatic carbocycles. The molecule has 0 aromatic rings. The summed E-state index contributed by atoms with van der Waals surface area (Å²) < 4.78 is 68.8. The van der Waals surface area contributed by atoms with Crippen LogP contribution in [0.4, 0.5) is 0 Å². The van der Waals surface area contributed by atoms with Crippen molar-refractivity contribution in [2.24, 2.45) is 0 Å². The summed E-state index contributed by atoms with van der Waals surface area (Å²) in [6.45, 7) is 6.27. The topological polar surface area (TPSA) is 167 Å². The minimum absolute atomic E-state index is 0. The normalized spacial score (nSPS) is 10.3. The Bertz CT molecular complexity index is 568. The maximum absolute atomic E-state index is 10.5. The number of hydrogen-bond acceptors (Lipinski definition) is 10. The van der Waals surface area contributed by atoms with Crippen LogP contribution in [0.5, 0.6) is 0 Å². The monoisotopic (exact) mass is 426 g/mol. The fraction of sp³-hybridized carbons (Fsp3) is 0.500. The molecule has 140 valence electrons. The van der Waals surface area contributed by atoms with Gasteiger partial charge in [0, 0.05) is 24.3 Å². The van der Waals surface area contributed by atoms with Crippen molar-refractivity contribution in [2.45, 2.75) is 25.7 Å². The summed E-state index contributed by atoms with van der Waals surface area (Å²) in [5, 5.41) is 0. The van der Waals surface area contributed by atoms with Crippen LogP contribution in [0.3, 0.4) is 0 Å². The first-order valence-corrected chi connectivity index (χ1v) is 9.54. The third-order valence-electron chi connectivity index (χ3n) is 1.98. The number of carbonyl (C=O) groups excluding carboxylic acids is 2. The summed E-state index contributed by atoms with van der Waals surface area (Å²) in [6, 6.07) is 0. The molecule has 13 heteroatoms. The van der Waals surface area contributed by atoms with Crippen molar-refractivity contribution in [1.82, 2.24) is 0 Å². The predicted molar refractivity (Wildman–Crippen MR) is 85.9 cm³/mol. The van der Waals surface area contributed by atoms with E-state index >= 15 is 0 Å². The second kappa shape index (κ2) is 15.7. The van der Waals surface area contributed by atoms with E-state index in [1.165, 1.54) is 0 Å². The Hall–Kier alpha value is -0.500. The zero-order valence-corrected chi connectivity index (χ0v) is 17.3. The van der Waals surface area contributed by atoms with E-state index in [9.17, 15) is 35.5 Å². The third kappa shape index (κ3) is 28.6. The van der Waals surface area contributed by atoms with Gasteiger partial charge < -0.3 is 18.6 Å². The zero-order chi connectivity index (χ0) is 19.2. The van der Waals surface area contributed by atoms with E-state index in [1.807, 2.05) is 0 Å². The molecule has 0 fully saturated rings. The Balaban J connectivity index is -0.000000372. The molecule has 0 saturated heterocycles. The molecule has 0 amide bonds. The average Bonchev–Trinajstić information content (AvgIpc) is 2.37. The third-order valence-corrected chi connectivity index (χ3v) is 3.56. The van der Waals surface area contributed by atoms with E-state index in [0.717, 1.165) is 12.5 Å². The van der Waals surface area contributed by atoms with Crippen molar-refractivity contribution in [2.75, 3.05) is 11.5 Å². The molecular weight excluding hydrogens is 408 g/mol. The van der Waals surface area contributed by atoms with E-state index in [1.54, 1.807) is 0 Å². The second-order valence-corrected chi connectivity index (χ2v) is 7.09. The molecule has 0 radical (unpaired) electrons. The molecule has 0 unspecified atom stereocenters. The molecule has 0 aliphatic rings. The van der Waals surface area contributed by atoms with Gasteiger partial charge in [0.25, 0.3) is 0 Å². The SMILES string of the molecule is C=COC(=O)CCCS(=O)(=O)[O-].C=COC(=O)CCCS(=O)(=O)[O-].[Ca+2]. The van der Waals surface area contributed by atoms with Gasteiger partial charge in [-0.1, -0.05) is 13.2 Å². The number of rotatable bonds is 10. The van der Waals surface area contributed by atoms with Crippen molar-refractivity contribution in [3.8, 4) is 0 Å². The summed E-state index contributed by atoms with van der Waals surface area (Å²) in [6.07, 6.45) is 1.69. The van der Waals surface area contributed by atoms with Crippen LogP contribution in [0, 0.1) is 0 Å². The summed E-state index contributed by atoms with van der Waals surface area (Å²) in [5.41, 5.74) is 0. The van der Waals surface area contributed by atoms with Crippen LogP contribution in [0.1, 0.15) is 25.7 Å². The Labute approximate surface area is 176 Å². The molecule has 0 spiro atoms. The largest absolute Gasteiger partial charge is 2.00 e. The summed E-state index contributed by atoms with van der Waals surface area (Å²) in [7, 11) is -8.44. The van der Waals surface area contributed by atoms with Crippen molar-refractivity contribution in [1.29, 1.82) is 0 Å². The van der Waals surface area contributed by atoms with Crippen LogP contribution >= 0.6 is 0 Å². The number of carbonyl (C=O) groups is 2. The van der Waals surface area contributed by atoms with Gasteiger partial charge in [0.1, 0.15) is 0 Å². The average molecular weight is 426 g/mol. The first-order chi connectivity index (χ1) is 10.9. The molecule has 0 heterocycles. The summed E-state index contributed by atoms with van der Waals surface area (Å²) >= 11 is 0. The molecule has 0 rings (SSSR count). The fourth-order valence-electron chi connectivity index (χ4n) is 1.09.